The standard InChI is InChI=1S/C45H30N2OS/c1-2-9-35-30(7-1)8-5-11-36(35)31-17-22-34(23-18-31)47(41-13-6-12-40-39-10-3-4-14-44(39)49-45(40)41)33-20-15-29(16-21-33)32-19-24-37-38-25-26-46-28-43(38)48-42(37)27-32/h1-27,46H,28H2. The molecule has 2 aromatic heterocycles. The Balaban J connectivity index is 1.09. The van der Waals surface area contributed by atoms with Crippen molar-refractivity contribution in [1.82, 2.24) is 5.32 Å². The summed E-state index contributed by atoms with van der Waals surface area (Å²) in [6.07, 6.45) is 4.09. The highest BCUT2D eigenvalue weighted by Crippen LogP contribution is 2.45. The van der Waals surface area contributed by atoms with Crippen molar-refractivity contribution in [2.45, 2.75) is 6.54 Å². The zero-order chi connectivity index (χ0) is 32.3. The lowest BCUT2D eigenvalue weighted by atomic mass is 9.98. The topological polar surface area (TPSA) is 28.4 Å². The Labute approximate surface area is 288 Å². The van der Waals surface area contributed by atoms with Gasteiger partial charge in [-0.2, -0.15) is 0 Å². The number of rotatable bonds is 5. The molecular weight excluding hydrogens is 617 g/mol. The number of fused-ring (bicyclic) bond motifs is 7. The van der Waals surface area contributed by atoms with Crippen molar-refractivity contribution in [1.29, 1.82) is 0 Å². The van der Waals surface area contributed by atoms with Crippen LogP contribution in [0.1, 0.15) is 11.3 Å². The molecule has 1 aliphatic rings. The van der Waals surface area contributed by atoms with Gasteiger partial charge in [0, 0.05) is 37.8 Å². The second-order valence-electron chi connectivity index (χ2n) is 12.6. The predicted molar refractivity (Wildman–Crippen MR) is 208 cm³/mol. The molecule has 0 unspecified atom stereocenters. The molecule has 0 saturated carbocycles. The van der Waals surface area contributed by atoms with Gasteiger partial charge in [0.15, 0.2) is 0 Å². The average Bonchev–Trinajstić information content (AvgIpc) is 3.74. The SMILES string of the molecule is C1=Cc2c(oc3cc(-c4ccc(N(c5ccc(-c6cccc7ccccc67)cc5)c5cccc6c5sc5ccccc56)cc4)ccc23)CN1. The molecule has 49 heavy (non-hydrogen) atoms. The fourth-order valence-electron chi connectivity index (χ4n) is 7.36. The van der Waals surface area contributed by atoms with Crippen LogP contribution in [0.3, 0.4) is 0 Å². The number of anilines is 3. The van der Waals surface area contributed by atoms with E-state index in [1.807, 2.05) is 17.5 Å². The molecule has 1 aliphatic heterocycles. The predicted octanol–water partition coefficient (Wildman–Crippen LogP) is 12.8. The number of hydrogen-bond acceptors (Lipinski definition) is 4. The van der Waals surface area contributed by atoms with Crippen LogP contribution >= 0.6 is 11.3 Å². The van der Waals surface area contributed by atoms with Crippen molar-refractivity contribution in [3.8, 4) is 22.3 Å². The third-order valence-electron chi connectivity index (χ3n) is 9.75. The fourth-order valence-corrected chi connectivity index (χ4v) is 8.57. The zero-order valence-electron chi connectivity index (χ0n) is 26.6. The molecule has 4 heteroatoms. The lowest BCUT2D eigenvalue weighted by Crippen LogP contribution is -2.10. The van der Waals surface area contributed by atoms with Crippen LogP contribution in [0.5, 0.6) is 0 Å². The molecule has 0 amide bonds. The van der Waals surface area contributed by atoms with Gasteiger partial charge in [-0.15, -0.1) is 11.3 Å². The van der Waals surface area contributed by atoms with Crippen LogP contribution in [-0.4, -0.2) is 0 Å². The molecule has 10 rings (SSSR count). The van der Waals surface area contributed by atoms with Gasteiger partial charge in [0.25, 0.3) is 0 Å². The number of thiophene rings is 1. The van der Waals surface area contributed by atoms with E-state index in [-0.39, 0.29) is 0 Å². The van der Waals surface area contributed by atoms with Crippen molar-refractivity contribution in [2.24, 2.45) is 0 Å². The van der Waals surface area contributed by atoms with E-state index in [0.29, 0.717) is 0 Å². The van der Waals surface area contributed by atoms with Crippen molar-refractivity contribution < 1.29 is 4.42 Å². The summed E-state index contributed by atoms with van der Waals surface area (Å²) < 4.78 is 8.82. The van der Waals surface area contributed by atoms with E-state index >= 15 is 0 Å². The molecule has 0 spiro atoms. The molecule has 1 N–H and O–H groups in total. The number of hydrogen-bond donors (Lipinski definition) is 1. The summed E-state index contributed by atoms with van der Waals surface area (Å²) in [4.78, 5) is 2.40. The fraction of sp³-hybridized carbons (Fsp3) is 0.0222. The zero-order valence-corrected chi connectivity index (χ0v) is 27.4. The Morgan fingerprint density at radius 1 is 0.571 bits per heavy atom. The molecule has 9 aromatic rings. The third-order valence-corrected chi connectivity index (χ3v) is 11.0. The summed E-state index contributed by atoms with van der Waals surface area (Å²) in [6.45, 7) is 0.718. The van der Waals surface area contributed by atoms with Gasteiger partial charge in [-0.25, -0.2) is 0 Å². The Morgan fingerprint density at radius 3 is 2.12 bits per heavy atom. The minimum atomic E-state index is 0.718. The van der Waals surface area contributed by atoms with Crippen molar-refractivity contribution in [3.63, 3.8) is 0 Å². The molecule has 0 radical (unpaired) electrons. The Bertz CT molecular complexity index is 2710. The minimum Gasteiger partial charge on any atom is -0.459 e. The van der Waals surface area contributed by atoms with Crippen LogP contribution in [0.4, 0.5) is 17.1 Å². The summed E-state index contributed by atoms with van der Waals surface area (Å²) >= 11 is 1.86. The number of nitrogens with one attached hydrogen (secondary N) is 1. The highest BCUT2D eigenvalue weighted by atomic mass is 32.1. The maximum absolute atomic E-state index is 6.24. The van der Waals surface area contributed by atoms with Gasteiger partial charge in [0.05, 0.1) is 16.9 Å². The monoisotopic (exact) mass is 646 g/mol. The van der Waals surface area contributed by atoms with E-state index in [0.717, 1.165) is 45.8 Å². The van der Waals surface area contributed by atoms with E-state index in [4.69, 9.17) is 4.42 Å². The van der Waals surface area contributed by atoms with Crippen LogP contribution < -0.4 is 10.2 Å². The van der Waals surface area contributed by atoms with Crippen LogP contribution in [0.15, 0.2) is 162 Å². The average molecular weight is 647 g/mol. The number of benzene rings is 7. The van der Waals surface area contributed by atoms with E-state index in [2.05, 4.69) is 168 Å². The first-order valence-corrected chi connectivity index (χ1v) is 17.4. The first kappa shape index (κ1) is 28.0. The summed E-state index contributed by atoms with van der Waals surface area (Å²) in [7, 11) is 0. The molecule has 3 nitrogen and oxygen atoms in total. The van der Waals surface area contributed by atoms with E-state index in [9.17, 15) is 0 Å². The normalized spacial score (nSPS) is 12.5. The Hall–Kier alpha value is -6.10. The van der Waals surface area contributed by atoms with E-state index in [1.54, 1.807) is 0 Å². The molecule has 0 bridgehead atoms. The first-order valence-electron chi connectivity index (χ1n) is 16.6. The second kappa shape index (κ2) is 11.3. The largest absolute Gasteiger partial charge is 0.459 e. The lowest BCUT2D eigenvalue weighted by Gasteiger charge is -2.26. The van der Waals surface area contributed by atoms with Gasteiger partial charge in [-0.3, -0.25) is 0 Å². The van der Waals surface area contributed by atoms with Crippen molar-refractivity contribution in [3.05, 3.63) is 169 Å². The molecule has 0 fully saturated rings. The molecular formula is C45H30N2OS. The van der Waals surface area contributed by atoms with Crippen molar-refractivity contribution in [2.75, 3.05) is 4.90 Å². The van der Waals surface area contributed by atoms with E-state index < -0.39 is 0 Å². The summed E-state index contributed by atoms with van der Waals surface area (Å²) in [6, 6.07) is 55.1. The quantitative estimate of drug-likeness (QED) is 0.202. The maximum Gasteiger partial charge on any atom is 0.135 e. The van der Waals surface area contributed by atoms with Crippen molar-refractivity contribution >= 4 is 76.4 Å². The van der Waals surface area contributed by atoms with Gasteiger partial charge < -0.3 is 14.6 Å². The van der Waals surface area contributed by atoms with Crippen LogP contribution in [0, 0.1) is 0 Å². The second-order valence-corrected chi connectivity index (χ2v) is 13.6. The molecule has 3 heterocycles. The minimum absolute atomic E-state index is 0.718. The molecule has 0 saturated heterocycles. The Morgan fingerprint density at radius 2 is 1.27 bits per heavy atom. The smallest absolute Gasteiger partial charge is 0.135 e. The highest BCUT2D eigenvalue weighted by molar-refractivity contribution is 7.26. The Kier molecular flexibility index (Phi) is 6.42. The van der Waals surface area contributed by atoms with Gasteiger partial charge >= 0.3 is 0 Å². The third kappa shape index (κ3) is 4.64. The van der Waals surface area contributed by atoms with Gasteiger partial charge in [0.1, 0.15) is 11.3 Å². The van der Waals surface area contributed by atoms with Crippen LogP contribution in [0.2, 0.25) is 0 Å². The molecule has 7 aromatic carbocycles. The number of furan rings is 1. The van der Waals surface area contributed by atoms with Crippen LogP contribution in [-0.2, 0) is 6.54 Å². The lowest BCUT2D eigenvalue weighted by molar-refractivity contribution is 0.532. The molecule has 0 aliphatic carbocycles. The highest BCUT2D eigenvalue weighted by Gasteiger charge is 2.19. The maximum atomic E-state index is 6.24. The molecule has 232 valence electrons. The van der Waals surface area contributed by atoms with E-state index in [1.165, 1.54) is 53.3 Å². The van der Waals surface area contributed by atoms with Crippen LogP contribution in [0.25, 0.3) is 70.2 Å². The van der Waals surface area contributed by atoms with Gasteiger partial charge in [-0.05, 0) is 93.8 Å². The summed E-state index contributed by atoms with van der Waals surface area (Å²) in [5, 5.41) is 9.50. The summed E-state index contributed by atoms with van der Waals surface area (Å²) in [5.41, 5.74) is 10.2. The first-order chi connectivity index (χ1) is 24.3. The summed E-state index contributed by atoms with van der Waals surface area (Å²) in [5.74, 6) is 0.988. The number of nitrogens with zero attached hydrogens (tertiary/aromatic N) is 1. The molecule has 0 atom stereocenters. The van der Waals surface area contributed by atoms with Gasteiger partial charge in [-0.1, -0.05) is 103 Å². The van der Waals surface area contributed by atoms with Gasteiger partial charge in [0.2, 0.25) is 0 Å².